The molecular formula is C17H24O6. The largest absolute Gasteiger partial charge is 0.478 e. The van der Waals surface area contributed by atoms with E-state index >= 15 is 0 Å². The molecule has 0 aliphatic carbocycles. The maximum absolute atomic E-state index is 12.0. The minimum absolute atomic E-state index is 0.180. The summed E-state index contributed by atoms with van der Waals surface area (Å²) in [5, 5.41) is 18.3. The van der Waals surface area contributed by atoms with E-state index in [-0.39, 0.29) is 5.92 Å². The SMILES string of the molecule is CCC(C)C(O)C(=O)OC(/C=C/C=C/C=C/C(=O)O)C1(C)CO1. The van der Waals surface area contributed by atoms with E-state index in [1.165, 1.54) is 6.08 Å². The van der Waals surface area contributed by atoms with Crippen molar-refractivity contribution in [1.82, 2.24) is 0 Å². The van der Waals surface area contributed by atoms with Gasteiger partial charge in [-0.3, -0.25) is 0 Å². The number of carbonyl (C=O) groups excluding carboxylic acids is 1. The third-order valence-electron chi connectivity index (χ3n) is 3.73. The third-order valence-corrected chi connectivity index (χ3v) is 3.73. The fourth-order valence-corrected chi connectivity index (χ4v) is 1.73. The minimum Gasteiger partial charge on any atom is -0.478 e. The normalized spacial score (nSPS) is 24.9. The van der Waals surface area contributed by atoms with Crippen LogP contribution in [0.1, 0.15) is 27.2 Å². The maximum atomic E-state index is 12.0. The highest BCUT2D eigenvalue weighted by atomic mass is 16.6. The molecule has 1 aliphatic rings. The molecule has 6 heteroatoms. The number of aliphatic hydroxyl groups excluding tert-OH is 1. The van der Waals surface area contributed by atoms with E-state index in [9.17, 15) is 14.7 Å². The van der Waals surface area contributed by atoms with Crippen LogP contribution in [-0.2, 0) is 19.1 Å². The number of carboxylic acids is 1. The van der Waals surface area contributed by atoms with Crippen molar-refractivity contribution in [3.05, 3.63) is 36.5 Å². The van der Waals surface area contributed by atoms with E-state index in [0.717, 1.165) is 6.08 Å². The van der Waals surface area contributed by atoms with Crippen LogP contribution < -0.4 is 0 Å². The predicted octanol–water partition coefficient (Wildman–Crippen LogP) is 1.85. The highest BCUT2D eigenvalue weighted by molar-refractivity contribution is 5.80. The van der Waals surface area contributed by atoms with Gasteiger partial charge in [-0.25, -0.2) is 9.59 Å². The van der Waals surface area contributed by atoms with Crippen LogP contribution in [0.5, 0.6) is 0 Å². The Hall–Kier alpha value is -1.92. The summed E-state index contributed by atoms with van der Waals surface area (Å²) in [5.41, 5.74) is -0.577. The van der Waals surface area contributed by atoms with Gasteiger partial charge in [-0.15, -0.1) is 0 Å². The molecule has 6 nitrogen and oxygen atoms in total. The molecule has 4 unspecified atom stereocenters. The molecule has 0 aromatic carbocycles. The minimum atomic E-state index is -1.16. The van der Waals surface area contributed by atoms with Crippen molar-refractivity contribution >= 4 is 11.9 Å². The number of esters is 1. The van der Waals surface area contributed by atoms with Crippen LogP contribution >= 0.6 is 0 Å². The lowest BCUT2D eigenvalue weighted by atomic mass is 10.0. The van der Waals surface area contributed by atoms with Crippen LogP contribution in [0.3, 0.4) is 0 Å². The molecule has 0 saturated carbocycles. The maximum Gasteiger partial charge on any atom is 0.335 e. The number of hydrogen-bond acceptors (Lipinski definition) is 5. The lowest BCUT2D eigenvalue weighted by Gasteiger charge is -2.22. The van der Waals surface area contributed by atoms with Crippen LogP contribution in [-0.4, -0.2) is 46.6 Å². The van der Waals surface area contributed by atoms with Gasteiger partial charge in [0.15, 0.2) is 12.2 Å². The predicted molar refractivity (Wildman–Crippen MR) is 84.8 cm³/mol. The van der Waals surface area contributed by atoms with Gasteiger partial charge in [0.1, 0.15) is 5.60 Å². The Bertz CT molecular complexity index is 501. The molecule has 0 amide bonds. The first-order chi connectivity index (χ1) is 10.8. The Balaban J connectivity index is 2.64. The summed E-state index contributed by atoms with van der Waals surface area (Å²) in [4.78, 5) is 22.3. The number of aliphatic hydroxyl groups is 1. The van der Waals surface area contributed by atoms with Crippen LogP contribution in [0.15, 0.2) is 36.5 Å². The molecule has 1 saturated heterocycles. The molecule has 2 N–H and O–H groups in total. The van der Waals surface area contributed by atoms with Gasteiger partial charge in [-0.05, 0) is 18.9 Å². The Morgan fingerprint density at radius 2 is 1.91 bits per heavy atom. The molecule has 128 valence electrons. The van der Waals surface area contributed by atoms with Crippen LogP contribution in [0, 0.1) is 5.92 Å². The molecule has 1 rings (SSSR count). The summed E-state index contributed by atoms with van der Waals surface area (Å²) >= 11 is 0. The Kier molecular flexibility index (Phi) is 7.19. The monoisotopic (exact) mass is 324 g/mol. The average Bonchev–Trinajstić information content (AvgIpc) is 3.26. The Labute approximate surface area is 136 Å². The number of ether oxygens (including phenoxy) is 2. The molecule has 0 bridgehead atoms. The van der Waals surface area contributed by atoms with Crippen molar-refractivity contribution in [2.24, 2.45) is 5.92 Å². The molecule has 1 heterocycles. The molecule has 23 heavy (non-hydrogen) atoms. The van der Waals surface area contributed by atoms with Crippen LogP contribution in [0.4, 0.5) is 0 Å². The van der Waals surface area contributed by atoms with Crippen molar-refractivity contribution in [2.75, 3.05) is 6.61 Å². The van der Waals surface area contributed by atoms with Gasteiger partial charge in [-0.1, -0.05) is 44.6 Å². The summed E-state index contributed by atoms with van der Waals surface area (Å²) in [6.45, 7) is 5.96. The van der Waals surface area contributed by atoms with Gasteiger partial charge >= 0.3 is 11.9 Å². The highest BCUT2D eigenvalue weighted by Gasteiger charge is 2.48. The number of rotatable bonds is 9. The van der Waals surface area contributed by atoms with E-state index in [2.05, 4.69) is 0 Å². The Morgan fingerprint density at radius 1 is 1.30 bits per heavy atom. The fourth-order valence-electron chi connectivity index (χ4n) is 1.73. The number of carboxylic acid groups (broad SMARTS) is 1. The van der Waals surface area contributed by atoms with Crippen LogP contribution in [0.2, 0.25) is 0 Å². The summed E-state index contributed by atoms with van der Waals surface area (Å²) in [6.07, 6.45) is 7.76. The summed E-state index contributed by atoms with van der Waals surface area (Å²) < 4.78 is 10.7. The first-order valence-corrected chi connectivity index (χ1v) is 7.57. The average molecular weight is 324 g/mol. The molecule has 0 aromatic rings. The molecule has 1 fully saturated rings. The van der Waals surface area contributed by atoms with Crippen LogP contribution in [0.25, 0.3) is 0 Å². The van der Waals surface area contributed by atoms with E-state index in [1.54, 1.807) is 31.2 Å². The van der Waals surface area contributed by atoms with E-state index in [0.29, 0.717) is 13.0 Å². The quantitative estimate of drug-likeness (QED) is 0.291. The standard InChI is InChI=1S/C17H24O6/c1-4-12(2)15(20)16(21)23-13(17(3)11-22-17)9-7-5-6-8-10-14(18)19/h5-10,12-13,15,20H,4,11H2,1-3H3,(H,18,19)/b6-5+,9-7+,10-8+. The second-order valence-electron chi connectivity index (χ2n) is 5.76. The van der Waals surface area contributed by atoms with Crippen molar-refractivity contribution in [2.45, 2.75) is 45.0 Å². The van der Waals surface area contributed by atoms with Gasteiger partial charge in [0.2, 0.25) is 0 Å². The molecule has 0 aromatic heterocycles. The second-order valence-corrected chi connectivity index (χ2v) is 5.76. The zero-order valence-electron chi connectivity index (χ0n) is 13.6. The van der Waals surface area contributed by atoms with Crippen molar-refractivity contribution in [1.29, 1.82) is 0 Å². The smallest absolute Gasteiger partial charge is 0.335 e. The molecular weight excluding hydrogens is 300 g/mol. The van der Waals surface area contributed by atoms with E-state index < -0.39 is 29.7 Å². The van der Waals surface area contributed by atoms with Gasteiger partial charge in [-0.2, -0.15) is 0 Å². The highest BCUT2D eigenvalue weighted by Crippen LogP contribution is 2.33. The zero-order chi connectivity index (χ0) is 17.5. The lowest BCUT2D eigenvalue weighted by molar-refractivity contribution is -0.162. The fraction of sp³-hybridized carbons (Fsp3) is 0.529. The Morgan fingerprint density at radius 3 is 2.43 bits per heavy atom. The van der Waals surface area contributed by atoms with Gasteiger partial charge in [0, 0.05) is 6.08 Å². The third kappa shape index (κ3) is 6.38. The van der Waals surface area contributed by atoms with Crippen molar-refractivity contribution in [3.63, 3.8) is 0 Å². The number of allylic oxidation sites excluding steroid dienone is 4. The van der Waals surface area contributed by atoms with Gasteiger partial charge in [0.25, 0.3) is 0 Å². The number of carbonyl (C=O) groups is 2. The molecule has 4 atom stereocenters. The molecule has 0 radical (unpaired) electrons. The zero-order valence-corrected chi connectivity index (χ0v) is 13.6. The first-order valence-electron chi connectivity index (χ1n) is 7.57. The summed E-state index contributed by atoms with van der Waals surface area (Å²) in [5.74, 6) is -1.87. The summed E-state index contributed by atoms with van der Waals surface area (Å²) in [7, 11) is 0. The molecule has 1 aliphatic heterocycles. The number of aliphatic carboxylic acids is 1. The van der Waals surface area contributed by atoms with E-state index in [1.807, 2.05) is 13.8 Å². The topological polar surface area (TPSA) is 96.4 Å². The molecule has 0 spiro atoms. The summed E-state index contributed by atoms with van der Waals surface area (Å²) in [6, 6.07) is 0. The van der Waals surface area contributed by atoms with E-state index in [4.69, 9.17) is 14.6 Å². The van der Waals surface area contributed by atoms with Gasteiger partial charge in [0.05, 0.1) is 6.61 Å². The second kappa shape index (κ2) is 8.64. The van der Waals surface area contributed by atoms with Crippen molar-refractivity contribution in [3.8, 4) is 0 Å². The first kappa shape index (κ1) is 19.1. The van der Waals surface area contributed by atoms with Gasteiger partial charge < -0.3 is 19.7 Å². The lowest BCUT2D eigenvalue weighted by Crippen LogP contribution is -2.37. The number of epoxide rings is 1. The number of hydrogen-bond donors (Lipinski definition) is 2. The van der Waals surface area contributed by atoms with Crippen molar-refractivity contribution < 1.29 is 29.3 Å².